The maximum atomic E-state index is 9.49. The Labute approximate surface area is 85.8 Å². The highest BCUT2D eigenvalue weighted by molar-refractivity contribution is 4.70. The molecule has 1 heterocycles. The van der Waals surface area contributed by atoms with Gasteiger partial charge in [-0.3, -0.25) is 0 Å². The van der Waals surface area contributed by atoms with Gasteiger partial charge in [0.2, 0.25) is 0 Å². The molecule has 1 N–H and O–H groups in total. The number of hydrogen-bond acceptors (Lipinski definition) is 4. The Hall–Kier alpha value is -0.160. The highest BCUT2D eigenvalue weighted by Gasteiger charge is 2.18. The molecule has 0 aromatic heterocycles. The average Bonchev–Trinajstić information content (AvgIpc) is 2.56. The van der Waals surface area contributed by atoms with Crippen LogP contribution in [0.2, 0.25) is 0 Å². The summed E-state index contributed by atoms with van der Waals surface area (Å²) in [5.41, 5.74) is 0. The van der Waals surface area contributed by atoms with Crippen LogP contribution in [0.5, 0.6) is 0 Å². The second-order valence-electron chi connectivity index (χ2n) is 3.97. The van der Waals surface area contributed by atoms with Crippen LogP contribution in [0.3, 0.4) is 0 Å². The lowest BCUT2D eigenvalue weighted by Gasteiger charge is -2.22. The number of rotatable bonds is 6. The fourth-order valence-electron chi connectivity index (χ4n) is 1.82. The minimum absolute atomic E-state index is 0.356. The van der Waals surface area contributed by atoms with Crippen LogP contribution in [-0.4, -0.2) is 62.7 Å². The molecule has 4 nitrogen and oxygen atoms in total. The Bertz CT molecular complexity index is 148. The molecule has 1 aliphatic rings. The predicted molar refractivity (Wildman–Crippen MR) is 54.4 cm³/mol. The molecule has 1 rings (SSSR count). The number of likely N-dealkylation sites (N-methyl/N-ethyl adjacent to an activating group) is 1. The monoisotopic (exact) mass is 203 g/mol. The number of nitrogens with zero attached hydrogens (tertiary/aromatic N) is 1. The first-order valence-electron chi connectivity index (χ1n) is 5.19. The van der Waals surface area contributed by atoms with Crippen molar-refractivity contribution < 1.29 is 14.6 Å². The Balaban J connectivity index is 2.10. The number of hydrogen-bond donors (Lipinski definition) is 1. The third-order valence-corrected chi connectivity index (χ3v) is 2.42. The van der Waals surface area contributed by atoms with Gasteiger partial charge < -0.3 is 19.5 Å². The molecule has 0 bridgehead atoms. The summed E-state index contributed by atoms with van der Waals surface area (Å²) in [6.07, 6.45) is 2.27. The van der Waals surface area contributed by atoms with Gasteiger partial charge in [-0.1, -0.05) is 0 Å². The van der Waals surface area contributed by atoms with Crippen molar-refractivity contribution in [2.24, 2.45) is 0 Å². The lowest BCUT2D eigenvalue weighted by molar-refractivity contribution is 0.0262. The molecule has 84 valence electrons. The van der Waals surface area contributed by atoms with E-state index in [-0.39, 0.29) is 0 Å². The summed E-state index contributed by atoms with van der Waals surface area (Å²) in [7, 11) is 3.60. The van der Waals surface area contributed by atoms with Gasteiger partial charge in [0, 0.05) is 26.8 Å². The lowest BCUT2D eigenvalue weighted by atomic mass is 10.2. The molecule has 0 amide bonds. The number of aliphatic hydroxyl groups excluding tert-OH is 1. The second-order valence-corrected chi connectivity index (χ2v) is 3.97. The molecule has 2 unspecified atom stereocenters. The normalized spacial score (nSPS) is 24.4. The molecule has 1 fully saturated rings. The third-order valence-electron chi connectivity index (χ3n) is 2.42. The summed E-state index contributed by atoms with van der Waals surface area (Å²) in [6, 6.07) is 0. The Morgan fingerprint density at radius 1 is 1.64 bits per heavy atom. The van der Waals surface area contributed by atoms with Crippen LogP contribution < -0.4 is 0 Å². The van der Waals surface area contributed by atoms with Crippen molar-refractivity contribution in [2.75, 3.05) is 40.5 Å². The molecule has 0 aliphatic carbocycles. The van der Waals surface area contributed by atoms with Crippen LogP contribution in [0.25, 0.3) is 0 Å². The summed E-state index contributed by atoms with van der Waals surface area (Å²) in [6.45, 7) is 2.84. The van der Waals surface area contributed by atoms with Crippen molar-refractivity contribution in [3.8, 4) is 0 Å². The highest BCUT2D eigenvalue weighted by Crippen LogP contribution is 2.12. The van der Waals surface area contributed by atoms with Crippen LogP contribution in [-0.2, 0) is 9.47 Å². The van der Waals surface area contributed by atoms with Gasteiger partial charge in [-0.2, -0.15) is 0 Å². The van der Waals surface area contributed by atoms with E-state index in [9.17, 15) is 5.11 Å². The molecule has 0 aromatic rings. The van der Waals surface area contributed by atoms with Gasteiger partial charge in [0.05, 0.1) is 18.8 Å². The van der Waals surface area contributed by atoms with Gasteiger partial charge in [-0.15, -0.1) is 0 Å². The summed E-state index contributed by atoms with van der Waals surface area (Å²) in [5, 5.41) is 9.49. The van der Waals surface area contributed by atoms with Gasteiger partial charge in [0.25, 0.3) is 0 Å². The molecule has 1 aliphatic heterocycles. The predicted octanol–water partition coefficient (Wildman–Crippen LogP) is 0.104. The first-order chi connectivity index (χ1) is 6.72. The van der Waals surface area contributed by atoms with Crippen LogP contribution >= 0.6 is 0 Å². The van der Waals surface area contributed by atoms with Crippen LogP contribution in [0.15, 0.2) is 0 Å². The fourth-order valence-corrected chi connectivity index (χ4v) is 1.82. The maximum Gasteiger partial charge on any atom is 0.0899 e. The Morgan fingerprint density at radius 3 is 3.00 bits per heavy atom. The van der Waals surface area contributed by atoms with E-state index in [0.29, 0.717) is 19.3 Å². The minimum atomic E-state index is -0.397. The van der Waals surface area contributed by atoms with E-state index in [0.717, 1.165) is 19.6 Å². The fraction of sp³-hybridized carbons (Fsp3) is 1.00. The SMILES string of the molecule is COCC(O)CN(C)CC1CCCO1. The van der Waals surface area contributed by atoms with E-state index in [1.807, 2.05) is 7.05 Å². The van der Waals surface area contributed by atoms with E-state index in [1.165, 1.54) is 6.42 Å². The average molecular weight is 203 g/mol. The largest absolute Gasteiger partial charge is 0.389 e. The zero-order valence-corrected chi connectivity index (χ0v) is 9.11. The number of ether oxygens (including phenoxy) is 2. The standard InChI is InChI=1S/C10H21NO3/c1-11(6-9(12)8-13-2)7-10-4-3-5-14-10/h9-10,12H,3-8H2,1-2H3. The van der Waals surface area contributed by atoms with Crippen molar-refractivity contribution >= 4 is 0 Å². The Morgan fingerprint density at radius 2 is 2.43 bits per heavy atom. The molecule has 0 spiro atoms. The zero-order valence-electron chi connectivity index (χ0n) is 9.11. The first-order valence-corrected chi connectivity index (χ1v) is 5.19. The van der Waals surface area contributed by atoms with Crippen LogP contribution in [0, 0.1) is 0 Å². The molecule has 1 saturated heterocycles. The first kappa shape index (κ1) is 11.9. The third kappa shape index (κ3) is 4.37. The van der Waals surface area contributed by atoms with E-state index in [4.69, 9.17) is 9.47 Å². The maximum absolute atomic E-state index is 9.49. The van der Waals surface area contributed by atoms with Gasteiger partial charge in [0.1, 0.15) is 0 Å². The smallest absolute Gasteiger partial charge is 0.0899 e. The van der Waals surface area contributed by atoms with Gasteiger partial charge >= 0.3 is 0 Å². The molecule has 2 atom stereocenters. The molecule has 4 heteroatoms. The summed E-state index contributed by atoms with van der Waals surface area (Å²) in [4.78, 5) is 2.10. The van der Waals surface area contributed by atoms with E-state index >= 15 is 0 Å². The van der Waals surface area contributed by atoms with E-state index in [1.54, 1.807) is 7.11 Å². The Kier molecular flexibility index (Phi) is 5.40. The summed E-state index contributed by atoms with van der Waals surface area (Å²) >= 11 is 0. The highest BCUT2D eigenvalue weighted by atomic mass is 16.5. The van der Waals surface area contributed by atoms with Crippen molar-refractivity contribution in [3.05, 3.63) is 0 Å². The van der Waals surface area contributed by atoms with Crippen molar-refractivity contribution in [2.45, 2.75) is 25.0 Å². The number of aliphatic hydroxyl groups is 1. The molecule has 14 heavy (non-hydrogen) atoms. The van der Waals surface area contributed by atoms with Crippen molar-refractivity contribution in [1.29, 1.82) is 0 Å². The lowest BCUT2D eigenvalue weighted by Crippen LogP contribution is -2.36. The molecular weight excluding hydrogens is 182 g/mol. The number of methoxy groups -OCH3 is 1. The molecule has 0 aromatic carbocycles. The minimum Gasteiger partial charge on any atom is -0.389 e. The molecular formula is C10H21NO3. The molecule has 0 radical (unpaired) electrons. The quantitative estimate of drug-likeness (QED) is 0.665. The van der Waals surface area contributed by atoms with E-state index < -0.39 is 6.10 Å². The topological polar surface area (TPSA) is 41.9 Å². The van der Waals surface area contributed by atoms with Gasteiger partial charge in [-0.05, 0) is 19.9 Å². The molecule has 0 saturated carbocycles. The van der Waals surface area contributed by atoms with Crippen molar-refractivity contribution in [3.63, 3.8) is 0 Å². The van der Waals surface area contributed by atoms with E-state index in [2.05, 4.69) is 4.90 Å². The summed E-state index contributed by atoms with van der Waals surface area (Å²) < 4.78 is 10.4. The van der Waals surface area contributed by atoms with Gasteiger partial charge in [0.15, 0.2) is 0 Å². The van der Waals surface area contributed by atoms with Gasteiger partial charge in [-0.25, -0.2) is 0 Å². The second kappa shape index (κ2) is 6.35. The van der Waals surface area contributed by atoms with Crippen LogP contribution in [0.4, 0.5) is 0 Å². The van der Waals surface area contributed by atoms with Crippen molar-refractivity contribution in [1.82, 2.24) is 4.90 Å². The zero-order chi connectivity index (χ0) is 10.4. The van der Waals surface area contributed by atoms with Crippen LogP contribution in [0.1, 0.15) is 12.8 Å². The summed E-state index contributed by atoms with van der Waals surface area (Å²) in [5.74, 6) is 0.